The van der Waals surface area contributed by atoms with E-state index in [2.05, 4.69) is 45.1 Å². The largest absolute Gasteiger partial charge is 0.378 e. The third kappa shape index (κ3) is 6.66. The van der Waals surface area contributed by atoms with E-state index >= 15 is 0 Å². The molecule has 0 unspecified atom stereocenters. The van der Waals surface area contributed by atoms with Gasteiger partial charge in [0, 0.05) is 44.6 Å². The van der Waals surface area contributed by atoms with Crippen molar-refractivity contribution in [3.63, 3.8) is 0 Å². The van der Waals surface area contributed by atoms with Crippen LogP contribution in [0.4, 0.5) is 21.9 Å². The molecule has 3 N–H and O–H groups in total. The summed E-state index contributed by atoms with van der Waals surface area (Å²) in [4.78, 5) is 25.3. The summed E-state index contributed by atoms with van der Waals surface area (Å²) in [5.74, 6) is -0.140. The summed E-state index contributed by atoms with van der Waals surface area (Å²) in [5, 5.41) is 8.41. The molecule has 0 bridgehead atoms. The van der Waals surface area contributed by atoms with Crippen molar-refractivity contribution in [1.29, 1.82) is 0 Å². The molecular formula is C21H28N4O2. The normalized spacial score (nSPS) is 10.2. The number of nitrogens with one attached hydrogen (secondary N) is 3. The average molecular weight is 368 g/mol. The Labute approximate surface area is 161 Å². The van der Waals surface area contributed by atoms with Crippen LogP contribution in [0, 0.1) is 6.92 Å². The molecule has 0 aromatic heterocycles. The van der Waals surface area contributed by atoms with Crippen molar-refractivity contribution in [2.24, 2.45) is 0 Å². The van der Waals surface area contributed by atoms with E-state index in [0.717, 1.165) is 18.4 Å². The van der Waals surface area contributed by atoms with Gasteiger partial charge in [0.15, 0.2) is 0 Å². The molecule has 0 fully saturated rings. The maximum Gasteiger partial charge on any atom is 0.319 e. The molecule has 0 aliphatic carbocycles. The first-order chi connectivity index (χ1) is 12.8. The molecule has 27 heavy (non-hydrogen) atoms. The predicted octanol–water partition coefficient (Wildman–Crippen LogP) is 3.77. The van der Waals surface area contributed by atoms with E-state index in [1.165, 1.54) is 18.2 Å². The van der Waals surface area contributed by atoms with Gasteiger partial charge in [0.25, 0.3) is 0 Å². The maximum absolute atomic E-state index is 12.0. The highest BCUT2D eigenvalue weighted by Crippen LogP contribution is 2.20. The van der Waals surface area contributed by atoms with Gasteiger partial charge >= 0.3 is 6.03 Å². The van der Waals surface area contributed by atoms with E-state index in [0.29, 0.717) is 17.9 Å². The number of amides is 3. The molecule has 0 aliphatic rings. The average Bonchev–Trinajstić information content (AvgIpc) is 2.61. The molecule has 3 amide bonds. The van der Waals surface area contributed by atoms with Gasteiger partial charge in [-0.3, -0.25) is 4.79 Å². The van der Waals surface area contributed by atoms with Gasteiger partial charge in [-0.1, -0.05) is 18.2 Å². The van der Waals surface area contributed by atoms with E-state index in [4.69, 9.17) is 0 Å². The summed E-state index contributed by atoms with van der Waals surface area (Å²) in [7, 11) is 4.04. The number of anilines is 3. The van der Waals surface area contributed by atoms with Crippen LogP contribution in [0.5, 0.6) is 0 Å². The summed E-state index contributed by atoms with van der Waals surface area (Å²) >= 11 is 0. The number of benzene rings is 2. The Morgan fingerprint density at radius 3 is 2.33 bits per heavy atom. The number of urea groups is 1. The summed E-state index contributed by atoms with van der Waals surface area (Å²) in [6.45, 7) is 3.95. The van der Waals surface area contributed by atoms with Crippen LogP contribution >= 0.6 is 0 Å². The van der Waals surface area contributed by atoms with Crippen LogP contribution in [-0.2, 0) is 11.2 Å². The molecule has 0 spiro atoms. The van der Waals surface area contributed by atoms with Crippen molar-refractivity contribution in [3.05, 3.63) is 53.6 Å². The molecule has 0 heterocycles. The van der Waals surface area contributed by atoms with Gasteiger partial charge in [0.05, 0.1) is 0 Å². The lowest BCUT2D eigenvalue weighted by Crippen LogP contribution is -2.29. The van der Waals surface area contributed by atoms with Gasteiger partial charge in [0.1, 0.15) is 0 Å². The molecule has 0 atom stereocenters. The zero-order valence-electron chi connectivity index (χ0n) is 16.4. The second kappa shape index (κ2) is 9.62. The van der Waals surface area contributed by atoms with E-state index < -0.39 is 0 Å². The zero-order valence-corrected chi connectivity index (χ0v) is 16.4. The highest BCUT2D eigenvalue weighted by molar-refractivity contribution is 5.93. The van der Waals surface area contributed by atoms with Gasteiger partial charge in [-0.25, -0.2) is 4.79 Å². The van der Waals surface area contributed by atoms with Crippen LogP contribution in [0.3, 0.4) is 0 Å². The first-order valence-corrected chi connectivity index (χ1v) is 9.04. The molecule has 0 radical (unpaired) electrons. The van der Waals surface area contributed by atoms with Crippen LogP contribution in [0.1, 0.15) is 24.5 Å². The van der Waals surface area contributed by atoms with Crippen LogP contribution in [0.15, 0.2) is 42.5 Å². The summed E-state index contributed by atoms with van der Waals surface area (Å²) in [5.41, 5.74) is 4.70. The Balaban J connectivity index is 1.77. The SMILES string of the molecule is CC(=O)Nc1cc(NC(=O)NCCCc2ccc(N(C)C)cc2)ccc1C. The Bertz CT molecular complexity index is 785. The number of carbonyl (C=O) groups is 2. The minimum Gasteiger partial charge on any atom is -0.378 e. The van der Waals surface area contributed by atoms with E-state index in [-0.39, 0.29) is 11.9 Å². The molecule has 6 heteroatoms. The fraction of sp³-hybridized carbons (Fsp3) is 0.333. The van der Waals surface area contributed by atoms with Crippen LogP contribution in [0.25, 0.3) is 0 Å². The topological polar surface area (TPSA) is 73.5 Å². The first kappa shape index (κ1) is 20.3. The molecular weight excluding hydrogens is 340 g/mol. The predicted molar refractivity (Wildman–Crippen MR) is 112 cm³/mol. The Morgan fingerprint density at radius 1 is 1.00 bits per heavy atom. The van der Waals surface area contributed by atoms with Crippen LogP contribution < -0.4 is 20.9 Å². The quantitative estimate of drug-likeness (QED) is 0.651. The van der Waals surface area contributed by atoms with Gasteiger partial charge in [-0.2, -0.15) is 0 Å². The Hall–Kier alpha value is -3.02. The Kier molecular flexibility index (Phi) is 7.23. The summed E-state index contributed by atoms with van der Waals surface area (Å²) in [6.07, 6.45) is 1.77. The minimum atomic E-state index is -0.254. The van der Waals surface area contributed by atoms with Gasteiger partial charge in [-0.05, 0) is 55.2 Å². The molecule has 0 saturated carbocycles. The van der Waals surface area contributed by atoms with Crippen LogP contribution in [-0.4, -0.2) is 32.6 Å². The summed E-state index contributed by atoms with van der Waals surface area (Å²) in [6, 6.07) is 13.6. The van der Waals surface area contributed by atoms with Crippen molar-refractivity contribution < 1.29 is 9.59 Å². The number of rotatable bonds is 7. The lowest BCUT2D eigenvalue weighted by atomic mass is 10.1. The fourth-order valence-corrected chi connectivity index (χ4v) is 2.65. The third-order valence-corrected chi connectivity index (χ3v) is 4.19. The molecule has 0 aliphatic heterocycles. The molecule has 2 aromatic carbocycles. The molecule has 6 nitrogen and oxygen atoms in total. The number of carbonyl (C=O) groups excluding carboxylic acids is 2. The number of aryl methyl sites for hydroxylation is 2. The van der Waals surface area contributed by atoms with E-state index in [9.17, 15) is 9.59 Å². The van der Waals surface area contributed by atoms with E-state index in [1.807, 2.05) is 33.2 Å². The van der Waals surface area contributed by atoms with Gasteiger partial charge in [-0.15, -0.1) is 0 Å². The molecule has 2 rings (SSSR count). The maximum atomic E-state index is 12.0. The lowest BCUT2D eigenvalue weighted by Gasteiger charge is -2.13. The van der Waals surface area contributed by atoms with Gasteiger partial charge < -0.3 is 20.9 Å². The molecule has 144 valence electrons. The number of nitrogens with zero attached hydrogens (tertiary/aromatic N) is 1. The van der Waals surface area contributed by atoms with Crippen molar-refractivity contribution in [2.75, 3.05) is 36.2 Å². The van der Waals surface area contributed by atoms with Crippen molar-refractivity contribution in [1.82, 2.24) is 5.32 Å². The zero-order chi connectivity index (χ0) is 19.8. The van der Waals surface area contributed by atoms with Gasteiger partial charge in [0.2, 0.25) is 5.91 Å². The number of hydrogen-bond donors (Lipinski definition) is 3. The van der Waals surface area contributed by atoms with Crippen LogP contribution in [0.2, 0.25) is 0 Å². The highest BCUT2D eigenvalue weighted by Gasteiger charge is 2.05. The summed E-state index contributed by atoms with van der Waals surface area (Å²) < 4.78 is 0. The highest BCUT2D eigenvalue weighted by atomic mass is 16.2. The van der Waals surface area contributed by atoms with E-state index in [1.54, 1.807) is 6.07 Å². The second-order valence-electron chi connectivity index (χ2n) is 6.76. The number of hydrogen-bond acceptors (Lipinski definition) is 3. The van der Waals surface area contributed by atoms with Crippen molar-refractivity contribution in [3.8, 4) is 0 Å². The van der Waals surface area contributed by atoms with Crippen molar-refractivity contribution in [2.45, 2.75) is 26.7 Å². The smallest absolute Gasteiger partial charge is 0.319 e. The third-order valence-electron chi connectivity index (χ3n) is 4.19. The standard InChI is InChI=1S/C21H28N4O2/c1-15-7-10-18(14-20(15)23-16(2)26)24-21(27)22-13-5-6-17-8-11-19(12-9-17)25(3)4/h7-12,14H,5-6,13H2,1-4H3,(H,23,26)(H2,22,24,27). The minimum absolute atomic E-state index is 0.140. The fourth-order valence-electron chi connectivity index (χ4n) is 2.65. The lowest BCUT2D eigenvalue weighted by molar-refractivity contribution is -0.114. The monoisotopic (exact) mass is 368 g/mol. The van der Waals surface area contributed by atoms with Crippen molar-refractivity contribution >= 4 is 29.0 Å². The Morgan fingerprint density at radius 2 is 1.70 bits per heavy atom. The second-order valence-corrected chi connectivity index (χ2v) is 6.76. The molecule has 2 aromatic rings. The first-order valence-electron chi connectivity index (χ1n) is 9.04. The molecule has 0 saturated heterocycles.